The predicted octanol–water partition coefficient (Wildman–Crippen LogP) is 3.00. The number of rotatable bonds is 4. The maximum atomic E-state index is 12.7. The van der Waals surface area contributed by atoms with Crippen molar-refractivity contribution in [1.29, 1.82) is 0 Å². The van der Waals surface area contributed by atoms with Gasteiger partial charge in [0.05, 0.1) is 5.56 Å². The molecule has 1 aromatic carbocycles. The molecule has 27 heavy (non-hydrogen) atoms. The van der Waals surface area contributed by atoms with Crippen molar-refractivity contribution in [3.8, 4) is 5.82 Å². The lowest BCUT2D eigenvalue weighted by molar-refractivity contribution is 0.0650. The summed E-state index contributed by atoms with van der Waals surface area (Å²) in [6.45, 7) is 1.17. The molecule has 6 heteroatoms. The third-order valence-corrected chi connectivity index (χ3v) is 4.95. The number of amides is 1. The molecule has 3 aromatic rings. The average Bonchev–Trinajstić information content (AvgIpc) is 3.28. The molecular formula is C21H20N4O2. The number of likely N-dealkylation sites (tertiary alicyclic amines) is 1. The van der Waals surface area contributed by atoms with E-state index < -0.39 is 0 Å². The van der Waals surface area contributed by atoms with Crippen LogP contribution in [0.2, 0.25) is 0 Å². The van der Waals surface area contributed by atoms with Crippen LogP contribution in [0, 0.1) is 5.92 Å². The molecule has 0 bridgehead atoms. The molecule has 2 aromatic heterocycles. The minimum absolute atomic E-state index is 0.0169. The van der Waals surface area contributed by atoms with E-state index in [1.807, 2.05) is 36.4 Å². The fourth-order valence-corrected chi connectivity index (χ4v) is 3.42. The van der Waals surface area contributed by atoms with Crippen LogP contribution < -0.4 is 0 Å². The standard InChI is InChI=1S/C21H20N4O2/c26-20(16-5-2-1-3-6-16)17-9-13-24(14-10-17)21(27)18-7-8-19(22-15-18)25-12-4-11-23-25/h1-8,11-12,15,17H,9-10,13-14H2. The van der Waals surface area contributed by atoms with Crippen LogP contribution in [0.25, 0.3) is 5.82 Å². The van der Waals surface area contributed by atoms with Crippen LogP contribution in [0.15, 0.2) is 67.1 Å². The fourth-order valence-electron chi connectivity index (χ4n) is 3.42. The summed E-state index contributed by atoms with van der Waals surface area (Å²) in [7, 11) is 0. The number of hydrogen-bond acceptors (Lipinski definition) is 4. The number of piperidine rings is 1. The van der Waals surface area contributed by atoms with E-state index in [0.29, 0.717) is 37.3 Å². The Morgan fingerprint density at radius 2 is 1.70 bits per heavy atom. The largest absolute Gasteiger partial charge is 0.339 e. The zero-order valence-corrected chi connectivity index (χ0v) is 14.9. The van der Waals surface area contributed by atoms with Gasteiger partial charge in [0.1, 0.15) is 0 Å². The van der Waals surface area contributed by atoms with Crippen LogP contribution in [-0.2, 0) is 0 Å². The van der Waals surface area contributed by atoms with Gasteiger partial charge in [0.2, 0.25) is 0 Å². The second-order valence-corrected chi connectivity index (χ2v) is 6.65. The van der Waals surface area contributed by atoms with Crippen LogP contribution in [0.4, 0.5) is 0 Å². The number of nitrogens with zero attached hydrogens (tertiary/aromatic N) is 4. The maximum absolute atomic E-state index is 12.7. The fraction of sp³-hybridized carbons (Fsp3) is 0.238. The number of hydrogen-bond donors (Lipinski definition) is 0. The summed E-state index contributed by atoms with van der Waals surface area (Å²) in [6, 6.07) is 14.8. The minimum atomic E-state index is -0.0416. The van der Waals surface area contributed by atoms with E-state index in [9.17, 15) is 9.59 Å². The number of carbonyl (C=O) groups excluding carboxylic acids is 2. The number of carbonyl (C=O) groups is 2. The number of aromatic nitrogens is 3. The Bertz CT molecular complexity index is 913. The van der Waals surface area contributed by atoms with Gasteiger partial charge in [-0.3, -0.25) is 9.59 Å². The van der Waals surface area contributed by atoms with Gasteiger partial charge in [0, 0.05) is 43.2 Å². The van der Waals surface area contributed by atoms with E-state index >= 15 is 0 Å². The van der Waals surface area contributed by atoms with Crippen molar-refractivity contribution in [3.63, 3.8) is 0 Å². The van der Waals surface area contributed by atoms with Crippen molar-refractivity contribution in [2.75, 3.05) is 13.1 Å². The number of Topliss-reactive ketones (excluding diaryl/α,β-unsaturated/α-hetero) is 1. The Hall–Kier alpha value is -3.28. The lowest BCUT2D eigenvalue weighted by Gasteiger charge is -2.31. The lowest BCUT2D eigenvalue weighted by Crippen LogP contribution is -2.40. The normalized spacial score (nSPS) is 14.9. The van der Waals surface area contributed by atoms with Gasteiger partial charge in [-0.05, 0) is 31.0 Å². The molecule has 1 fully saturated rings. The van der Waals surface area contributed by atoms with Crippen molar-refractivity contribution in [2.24, 2.45) is 5.92 Å². The highest BCUT2D eigenvalue weighted by Crippen LogP contribution is 2.23. The second-order valence-electron chi connectivity index (χ2n) is 6.65. The topological polar surface area (TPSA) is 68.1 Å². The Labute approximate surface area is 157 Å². The Morgan fingerprint density at radius 1 is 0.926 bits per heavy atom. The van der Waals surface area contributed by atoms with Crippen LogP contribution in [0.3, 0.4) is 0 Å². The van der Waals surface area contributed by atoms with Gasteiger partial charge < -0.3 is 4.90 Å². The molecular weight excluding hydrogens is 340 g/mol. The zero-order chi connectivity index (χ0) is 18.6. The average molecular weight is 360 g/mol. The first kappa shape index (κ1) is 17.1. The molecule has 0 unspecified atom stereocenters. The first-order chi connectivity index (χ1) is 13.2. The summed E-state index contributed by atoms with van der Waals surface area (Å²) < 4.78 is 1.65. The number of ketones is 1. The van der Waals surface area contributed by atoms with Gasteiger partial charge in [-0.1, -0.05) is 30.3 Å². The summed E-state index contributed by atoms with van der Waals surface area (Å²) in [5.41, 5.74) is 1.31. The van der Waals surface area contributed by atoms with E-state index in [1.165, 1.54) is 0 Å². The first-order valence-electron chi connectivity index (χ1n) is 9.07. The van der Waals surface area contributed by atoms with Gasteiger partial charge in [0.15, 0.2) is 11.6 Å². The Morgan fingerprint density at radius 3 is 2.33 bits per heavy atom. The molecule has 0 atom stereocenters. The van der Waals surface area contributed by atoms with Gasteiger partial charge in [0.25, 0.3) is 5.91 Å². The van der Waals surface area contributed by atoms with E-state index in [-0.39, 0.29) is 17.6 Å². The molecule has 4 rings (SSSR count). The van der Waals surface area contributed by atoms with Crippen molar-refractivity contribution in [2.45, 2.75) is 12.8 Å². The van der Waals surface area contributed by atoms with Crippen molar-refractivity contribution in [1.82, 2.24) is 19.7 Å². The minimum Gasteiger partial charge on any atom is -0.339 e. The maximum Gasteiger partial charge on any atom is 0.255 e. The highest BCUT2D eigenvalue weighted by Gasteiger charge is 2.28. The van der Waals surface area contributed by atoms with Crippen LogP contribution in [0.1, 0.15) is 33.6 Å². The first-order valence-corrected chi connectivity index (χ1v) is 9.07. The Kier molecular flexibility index (Phi) is 4.78. The van der Waals surface area contributed by atoms with Gasteiger partial charge in [-0.2, -0.15) is 5.10 Å². The summed E-state index contributed by atoms with van der Waals surface area (Å²) in [6.07, 6.45) is 6.46. The van der Waals surface area contributed by atoms with Crippen molar-refractivity contribution < 1.29 is 9.59 Å². The monoisotopic (exact) mass is 360 g/mol. The summed E-state index contributed by atoms with van der Waals surface area (Å²) in [5, 5.41) is 4.13. The van der Waals surface area contributed by atoms with Crippen LogP contribution in [-0.4, -0.2) is 44.4 Å². The molecule has 0 saturated carbocycles. The molecule has 0 spiro atoms. The van der Waals surface area contributed by atoms with E-state index in [0.717, 1.165) is 5.56 Å². The molecule has 0 aliphatic carbocycles. The number of benzene rings is 1. The molecule has 1 aliphatic heterocycles. The Balaban J connectivity index is 1.38. The highest BCUT2D eigenvalue weighted by molar-refractivity contribution is 5.98. The lowest BCUT2D eigenvalue weighted by atomic mass is 9.89. The summed E-state index contributed by atoms with van der Waals surface area (Å²) in [4.78, 5) is 31.4. The molecule has 1 saturated heterocycles. The molecule has 136 valence electrons. The zero-order valence-electron chi connectivity index (χ0n) is 14.9. The molecule has 3 heterocycles. The van der Waals surface area contributed by atoms with E-state index in [1.54, 1.807) is 40.3 Å². The molecule has 6 nitrogen and oxygen atoms in total. The third-order valence-electron chi connectivity index (χ3n) is 4.95. The molecule has 1 amide bonds. The second kappa shape index (κ2) is 7.53. The van der Waals surface area contributed by atoms with Gasteiger partial charge >= 0.3 is 0 Å². The number of pyridine rings is 1. The van der Waals surface area contributed by atoms with Gasteiger partial charge in [-0.15, -0.1) is 0 Å². The van der Waals surface area contributed by atoms with Crippen LogP contribution >= 0.6 is 0 Å². The van der Waals surface area contributed by atoms with Gasteiger partial charge in [-0.25, -0.2) is 9.67 Å². The molecule has 0 radical (unpaired) electrons. The predicted molar refractivity (Wildman–Crippen MR) is 101 cm³/mol. The molecule has 0 N–H and O–H groups in total. The van der Waals surface area contributed by atoms with Crippen molar-refractivity contribution >= 4 is 11.7 Å². The quantitative estimate of drug-likeness (QED) is 0.671. The van der Waals surface area contributed by atoms with E-state index in [4.69, 9.17) is 0 Å². The summed E-state index contributed by atoms with van der Waals surface area (Å²) >= 11 is 0. The smallest absolute Gasteiger partial charge is 0.255 e. The van der Waals surface area contributed by atoms with E-state index in [2.05, 4.69) is 10.1 Å². The van der Waals surface area contributed by atoms with Crippen LogP contribution in [0.5, 0.6) is 0 Å². The third kappa shape index (κ3) is 3.65. The SMILES string of the molecule is O=C(c1ccccc1)C1CCN(C(=O)c2ccc(-n3cccn3)nc2)CC1. The van der Waals surface area contributed by atoms with Crippen molar-refractivity contribution in [3.05, 3.63) is 78.2 Å². The highest BCUT2D eigenvalue weighted by atomic mass is 16.2. The summed E-state index contributed by atoms with van der Waals surface area (Å²) in [5.74, 6) is 0.786. The molecule has 1 aliphatic rings.